The fourth-order valence-corrected chi connectivity index (χ4v) is 6.99. The van der Waals surface area contributed by atoms with Crippen molar-refractivity contribution < 1.29 is 23.8 Å². The van der Waals surface area contributed by atoms with Gasteiger partial charge < -0.3 is 24.4 Å². The maximum absolute atomic E-state index is 13.0. The number of hydrogen-bond donors (Lipinski definition) is 1. The molecule has 0 spiro atoms. The summed E-state index contributed by atoms with van der Waals surface area (Å²) in [6.07, 6.45) is 0.348. The predicted molar refractivity (Wildman–Crippen MR) is 197 cm³/mol. The maximum Gasteiger partial charge on any atom is 0.410 e. The number of hydrogen-bond acceptors (Lipinski definition) is 8. The summed E-state index contributed by atoms with van der Waals surface area (Å²) in [6.45, 7) is 9.95. The van der Waals surface area contributed by atoms with Gasteiger partial charge in [-0.15, -0.1) is 0 Å². The second-order valence-corrected chi connectivity index (χ2v) is 15.2. The van der Waals surface area contributed by atoms with E-state index in [4.69, 9.17) is 25.8 Å². The Hall–Kier alpha value is -3.31. The molecule has 9 nitrogen and oxygen atoms in total. The van der Waals surface area contributed by atoms with Crippen LogP contribution < -0.4 is 10.1 Å². The first-order valence-corrected chi connectivity index (χ1v) is 18.1. The van der Waals surface area contributed by atoms with Crippen LogP contribution in [0.1, 0.15) is 50.8 Å². The van der Waals surface area contributed by atoms with E-state index in [2.05, 4.69) is 91.7 Å². The third kappa shape index (κ3) is 9.90. The Labute approximate surface area is 303 Å². The van der Waals surface area contributed by atoms with Gasteiger partial charge in [-0.2, -0.15) is 0 Å². The number of rotatable bonds is 12. The zero-order valence-corrected chi connectivity index (χ0v) is 31.4. The molecular formula is C38H48BrClN4O5. The summed E-state index contributed by atoms with van der Waals surface area (Å²) in [5.41, 5.74) is 2.74. The average Bonchev–Trinajstić information content (AvgIpc) is 3.07. The number of amides is 1. The number of halogens is 2. The molecule has 2 aliphatic rings. The van der Waals surface area contributed by atoms with Crippen LogP contribution in [0.25, 0.3) is 0 Å². The third-order valence-corrected chi connectivity index (χ3v) is 10.3. The number of likely N-dealkylation sites (tertiary alicyclic amines) is 2. The zero-order chi connectivity index (χ0) is 35.1. The van der Waals surface area contributed by atoms with E-state index in [1.54, 1.807) is 18.0 Å². The van der Waals surface area contributed by atoms with Gasteiger partial charge in [0.2, 0.25) is 6.10 Å². The summed E-state index contributed by atoms with van der Waals surface area (Å²) in [5, 5.41) is 4.11. The van der Waals surface area contributed by atoms with Crippen molar-refractivity contribution in [2.45, 2.75) is 57.4 Å². The van der Waals surface area contributed by atoms with Crippen molar-refractivity contribution in [3.63, 3.8) is 0 Å². The molecule has 2 aliphatic heterocycles. The van der Waals surface area contributed by atoms with Crippen LogP contribution in [-0.2, 0) is 14.3 Å². The first-order chi connectivity index (χ1) is 23.4. The number of carbonyl (C=O) groups is 2. The van der Waals surface area contributed by atoms with Crippen LogP contribution in [0, 0.1) is 5.92 Å². The molecule has 2 fully saturated rings. The number of carbonyl (C=O) groups excluding carboxylic acids is 2. The molecule has 5 rings (SSSR count). The van der Waals surface area contributed by atoms with Crippen LogP contribution in [-0.4, -0.2) is 97.9 Å². The summed E-state index contributed by atoms with van der Waals surface area (Å²) in [5.74, 6) is 0.489. The van der Waals surface area contributed by atoms with E-state index in [0.29, 0.717) is 40.8 Å². The van der Waals surface area contributed by atoms with E-state index < -0.39 is 17.7 Å². The minimum Gasteiger partial charge on any atom is -0.475 e. The van der Waals surface area contributed by atoms with Crippen molar-refractivity contribution >= 4 is 45.3 Å². The van der Waals surface area contributed by atoms with Gasteiger partial charge in [-0.3, -0.25) is 9.80 Å². The number of nitrogens with one attached hydrogen (secondary N) is 1. The molecule has 3 aromatic rings. The highest BCUT2D eigenvalue weighted by atomic mass is 79.9. The molecule has 3 aromatic carbocycles. The first kappa shape index (κ1) is 37.0. The van der Waals surface area contributed by atoms with Gasteiger partial charge >= 0.3 is 12.1 Å². The van der Waals surface area contributed by atoms with Gasteiger partial charge in [0.25, 0.3) is 0 Å². The van der Waals surface area contributed by atoms with Crippen molar-refractivity contribution in [3.05, 3.63) is 93.4 Å². The number of benzene rings is 3. The highest BCUT2D eigenvalue weighted by Crippen LogP contribution is 2.38. The van der Waals surface area contributed by atoms with Crippen molar-refractivity contribution in [2.24, 2.45) is 5.92 Å². The molecule has 1 N–H and O–H groups in total. The summed E-state index contributed by atoms with van der Waals surface area (Å²) in [7, 11) is 3.16. The first-order valence-electron chi connectivity index (χ1n) is 16.9. The van der Waals surface area contributed by atoms with Crippen molar-refractivity contribution in [1.82, 2.24) is 14.7 Å². The molecule has 0 bridgehead atoms. The van der Waals surface area contributed by atoms with Gasteiger partial charge in [-0.25, -0.2) is 9.59 Å². The van der Waals surface area contributed by atoms with E-state index >= 15 is 0 Å². The van der Waals surface area contributed by atoms with E-state index in [9.17, 15) is 9.59 Å². The molecule has 2 saturated heterocycles. The molecule has 1 unspecified atom stereocenters. The van der Waals surface area contributed by atoms with E-state index in [1.165, 1.54) is 18.2 Å². The van der Waals surface area contributed by atoms with Crippen LogP contribution in [0.15, 0.2) is 77.3 Å². The lowest BCUT2D eigenvalue weighted by Crippen LogP contribution is -2.51. The topological polar surface area (TPSA) is 83.6 Å². The number of methoxy groups -OCH3 is 1. The Kier molecular flexibility index (Phi) is 12.5. The van der Waals surface area contributed by atoms with Crippen LogP contribution in [0.5, 0.6) is 5.75 Å². The lowest BCUT2D eigenvalue weighted by atomic mass is 9.90. The molecule has 0 aliphatic carbocycles. The Morgan fingerprint density at radius 1 is 1.00 bits per heavy atom. The van der Waals surface area contributed by atoms with E-state index in [0.717, 1.165) is 38.2 Å². The largest absolute Gasteiger partial charge is 0.475 e. The molecule has 264 valence electrons. The molecule has 11 heteroatoms. The highest BCUT2D eigenvalue weighted by molar-refractivity contribution is 9.10. The lowest BCUT2D eigenvalue weighted by Gasteiger charge is -2.45. The molecule has 2 heterocycles. The molecule has 0 aromatic heterocycles. The lowest BCUT2D eigenvalue weighted by molar-refractivity contribution is -0.149. The second-order valence-electron chi connectivity index (χ2n) is 13.9. The monoisotopic (exact) mass is 754 g/mol. The number of nitrogens with zero attached hydrogens (tertiary/aromatic N) is 3. The maximum atomic E-state index is 13.0. The zero-order valence-electron chi connectivity index (χ0n) is 29.0. The number of ether oxygens (including phenoxy) is 3. The normalized spacial score (nSPS) is 16.9. The fourth-order valence-electron chi connectivity index (χ4n) is 6.50. The van der Waals surface area contributed by atoms with Gasteiger partial charge in [0.15, 0.2) is 0 Å². The standard InChI is InChI=1S/C38H48BrClN4O5/c1-38(2,3)49-37(46)42(4)29-16-18-43(19-17-29)25-34(36(45)47-5)48-33-20-30(39)31(40)21-32(33)41-22-26-23-44(24-26)35(27-12-8-6-9-13-27)28-14-10-7-11-15-28/h6-15,20-21,26,29,34-35,41H,16-19,22-25H2,1-5H3. The average molecular weight is 756 g/mol. The Balaban J connectivity index is 1.20. The summed E-state index contributed by atoms with van der Waals surface area (Å²) < 4.78 is 17.8. The van der Waals surface area contributed by atoms with Crippen molar-refractivity contribution in [2.75, 3.05) is 58.7 Å². The molecule has 0 saturated carbocycles. The number of anilines is 1. The molecule has 49 heavy (non-hydrogen) atoms. The minimum atomic E-state index is -0.851. The van der Waals surface area contributed by atoms with Crippen LogP contribution in [0.2, 0.25) is 5.02 Å². The molecule has 0 radical (unpaired) electrons. The van der Waals surface area contributed by atoms with Crippen LogP contribution in [0.3, 0.4) is 0 Å². The predicted octanol–water partition coefficient (Wildman–Crippen LogP) is 7.49. The van der Waals surface area contributed by atoms with E-state index in [1.807, 2.05) is 26.8 Å². The Bertz CT molecular complexity index is 1500. The smallest absolute Gasteiger partial charge is 0.410 e. The molecular weight excluding hydrogens is 708 g/mol. The van der Waals surface area contributed by atoms with Crippen molar-refractivity contribution in [1.29, 1.82) is 0 Å². The van der Waals surface area contributed by atoms with Crippen LogP contribution >= 0.6 is 27.5 Å². The third-order valence-electron chi connectivity index (χ3n) is 9.13. The minimum absolute atomic E-state index is 0.0599. The van der Waals surface area contributed by atoms with Gasteiger partial charge in [0.05, 0.1) is 23.9 Å². The van der Waals surface area contributed by atoms with Gasteiger partial charge in [0, 0.05) is 62.7 Å². The van der Waals surface area contributed by atoms with Crippen LogP contribution in [0.4, 0.5) is 10.5 Å². The van der Waals surface area contributed by atoms with E-state index in [-0.39, 0.29) is 18.2 Å². The summed E-state index contributed by atoms with van der Waals surface area (Å²) in [4.78, 5) is 32.0. The second kappa shape index (κ2) is 16.6. The Morgan fingerprint density at radius 2 is 1.59 bits per heavy atom. The van der Waals surface area contributed by atoms with Gasteiger partial charge in [-0.1, -0.05) is 72.3 Å². The highest BCUT2D eigenvalue weighted by Gasteiger charge is 2.35. The number of piperidine rings is 1. The number of esters is 1. The van der Waals surface area contributed by atoms with Gasteiger partial charge in [-0.05, 0) is 72.8 Å². The molecule has 1 amide bonds. The SMILES string of the molecule is COC(=O)C(CN1CCC(N(C)C(=O)OC(C)(C)C)CC1)Oc1cc(Br)c(Cl)cc1NCC1CN(C(c2ccccc2)c2ccccc2)C1. The quantitative estimate of drug-likeness (QED) is 0.191. The Morgan fingerprint density at radius 3 is 2.14 bits per heavy atom. The summed E-state index contributed by atoms with van der Waals surface area (Å²) in [6, 6.07) is 25.2. The molecule has 1 atom stereocenters. The summed E-state index contributed by atoms with van der Waals surface area (Å²) >= 11 is 10.1. The van der Waals surface area contributed by atoms with Crippen molar-refractivity contribution in [3.8, 4) is 5.75 Å². The van der Waals surface area contributed by atoms with Gasteiger partial charge in [0.1, 0.15) is 11.4 Å². The fraction of sp³-hybridized carbons (Fsp3) is 0.474.